The largest absolute Gasteiger partial charge is 0.489 e. The third kappa shape index (κ3) is 5.40. The van der Waals surface area contributed by atoms with E-state index in [0.717, 1.165) is 29.7 Å². The van der Waals surface area contributed by atoms with Gasteiger partial charge >= 0.3 is 0 Å². The lowest BCUT2D eigenvalue weighted by Gasteiger charge is -2.22. The van der Waals surface area contributed by atoms with Crippen molar-refractivity contribution in [3.05, 3.63) is 65.7 Å². The monoisotopic (exact) mass is 312 g/mol. The highest BCUT2D eigenvalue weighted by Gasteiger charge is 2.19. The van der Waals surface area contributed by atoms with E-state index < -0.39 is 6.10 Å². The summed E-state index contributed by atoms with van der Waals surface area (Å²) < 4.78 is 5.87. The molecule has 0 saturated heterocycles. The van der Waals surface area contributed by atoms with E-state index in [-0.39, 0.29) is 0 Å². The van der Waals surface area contributed by atoms with Gasteiger partial charge in [0.1, 0.15) is 12.4 Å². The number of ether oxygens (including phenoxy) is 1. The van der Waals surface area contributed by atoms with Gasteiger partial charge in [-0.05, 0) is 35.6 Å². The van der Waals surface area contributed by atoms with Gasteiger partial charge in [0.05, 0.1) is 6.10 Å². The molecule has 0 radical (unpaired) electrons. The number of unbranched alkanes of at least 4 members (excludes halogenated alkanes) is 1. The second-order valence-corrected chi connectivity index (χ2v) is 6.10. The molecule has 2 atom stereocenters. The van der Waals surface area contributed by atoms with E-state index in [4.69, 9.17) is 4.74 Å². The van der Waals surface area contributed by atoms with Crippen LogP contribution in [-0.2, 0) is 6.61 Å². The molecule has 2 rings (SSSR count). The smallest absolute Gasteiger partial charge is 0.120 e. The van der Waals surface area contributed by atoms with Gasteiger partial charge in [0.25, 0.3) is 0 Å². The van der Waals surface area contributed by atoms with E-state index in [2.05, 4.69) is 26.0 Å². The van der Waals surface area contributed by atoms with Crippen LogP contribution in [0.5, 0.6) is 5.75 Å². The molecule has 2 aromatic carbocycles. The molecule has 2 nitrogen and oxygen atoms in total. The molecular formula is C21H28O2. The van der Waals surface area contributed by atoms with Crippen molar-refractivity contribution in [3.8, 4) is 5.75 Å². The molecule has 0 aliphatic heterocycles. The van der Waals surface area contributed by atoms with E-state index >= 15 is 0 Å². The van der Waals surface area contributed by atoms with Crippen LogP contribution in [0.3, 0.4) is 0 Å². The van der Waals surface area contributed by atoms with Crippen LogP contribution in [0.4, 0.5) is 0 Å². The minimum Gasteiger partial charge on any atom is -0.489 e. The molecule has 0 spiro atoms. The van der Waals surface area contributed by atoms with Gasteiger partial charge < -0.3 is 9.84 Å². The zero-order chi connectivity index (χ0) is 16.5. The predicted molar refractivity (Wildman–Crippen MR) is 95.5 cm³/mol. The first-order valence-electron chi connectivity index (χ1n) is 8.69. The highest BCUT2D eigenvalue weighted by atomic mass is 16.5. The fraction of sp³-hybridized carbons (Fsp3) is 0.429. The standard InChI is InChI=1S/C21H28O2/c1-3-5-12-18(4-2)21(22)19-13-9-14-20(15-19)23-16-17-10-7-6-8-11-17/h6-11,13-15,18,21-22H,3-5,12,16H2,1-2H3. The number of benzene rings is 2. The zero-order valence-electron chi connectivity index (χ0n) is 14.2. The number of aliphatic hydroxyl groups excluding tert-OH is 1. The Morgan fingerprint density at radius 3 is 2.48 bits per heavy atom. The number of hydrogen-bond donors (Lipinski definition) is 1. The van der Waals surface area contributed by atoms with Crippen LogP contribution in [0.25, 0.3) is 0 Å². The van der Waals surface area contributed by atoms with Crippen molar-refractivity contribution in [1.29, 1.82) is 0 Å². The first-order valence-corrected chi connectivity index (χ1v) is 8.69. The molecule has 0 aliphatic carbocycles. The van der Waals surface area contributed by atoms with Gasteiger partial charge in [0.15, 0.2) is 0 Å². The Morgan fingerprint density at radius 1 is 1.00 bits per heavy atom. The molecule has 0 fully saturated rings. The molecule has 2 aromatic rings. The second-order valence-electron chi connectivity index (χ2n) is 6.10. The fourth-order valence-electron chi connectivity index (χ4n) is 2.85. The van der Waals surface area contributed by atoms with E-state index in [9.17, 15) is 5.11 Å². The molecule has 0 amide bonds. The van der Waals surface area contributed by atoms with Gasteiger partial charge in [-0.15, -0.1) is 0 Å². The first-order chi connectivity index (χ1) is 11.2. The highest BCUT2D eigenvalue weighted by Crippen LogP contribution is 2.30. The summed E-state index contributed by atoms with van der Waals surface area (Å²) >= 11 is 0. The molecule has 0 saturated carbocycles. The maximum atomic E-state index is 10.7. The third-order valence-electron chi connectivity index (χ3n) is 4.35. The lowest BCUT2D eigenvalue weighted by molar-refractivity contribution is 0.0986. The van der Waals surface area contributed by atoms with Crippen LogP contribution >= 0.6 is 0 Å². The summed E-state index contributed by atoms with van der Waals surface area (Å²) in [6.07, 6.45) is 4.00. The summed E-state index contributed by atoms with van der Waals surface area (Å²) in [5.41, 5.74) is 2.10. The van der Waals surface area contributed by atoms with Crippen LogP contribution in [0.15, 0.2) is 54.6 Å². The van der Waals surface area contributed by atoms with Crippen molar-refractivity contribution in [2.24, 2.45) is 5.92 Å². The van der Waals surface area contributed by atoms with Crippen LogP contribution in [-0.4, -0.2) is 5.11 Å². The van der Waals surface area contributed by atoms with Crippen molar-refractivity contribution >= 4 is 0 Å². The number of aliphatic hydroxyl groups is 1. The average molecular weight is 312 g/mol. The molecule has 124 valence electrons. The zero-order valence-corrected chi connectivity index (χ0v) is 14.2. The van der Waals surface area contributed by atoms with Gasteiger partial charge in [-0.1, -0.05) is 75.6 Å². The van der Waals surface area contributed by atoms with Crippen molar-refractivity contribution in [3.63, 3.8) is 0 Å². The SMILES string of the molecule is CCCCC(CC)C(O)c1cccc(OCc2ccccc2)c1. The Labute approximate surface area is 140 Å². The Bertz CT molecular complexity index is 565. The molecule has 2 heteroatoms. The van der Waals surface area contributed by atoms with Crippen molar-refractivity contribution < 1.29 is 9.84 Å². The van der Waals surface area contributed by atoms with Crippen molar-refractivity contribution in [2.75, 3.05) is 0 Å². The highest BCUT2D eigenvalue weighted by molar-refractivity contribution is 5.30. The van der Waals surface area contributed by atoms with Gasteiger partial charge in [0, 0.05) is 0 Å². The summed E-state index contributed by atoms with van der Waals surface area (Å²) in [5.74, 6) is 1.13. The molecule has 0 heterocycles. The molecule has 23 heavy (non-hydrogen) atoms. The second kappa shape index (κ2) is 9.36. The van der Waals surface area contributed by atoms with E-state index in [0.29, 0.717) is 12.5 Å². The summed E-state index contributed by atoms with van der Waals surface area (Å²) in [5, 5.41) is 10.7. The lowest BCUT2D eigenvalue weighted by atomic mass is 9.89. The van der Waals surface area contributed by atoms with Crippen LogP contribution < -0.4 is 4.74 Å². The van der Waals surface area contributed by atoms with Gasteiger partial charge in [-0.2, -0.15) is 0 Å². The van der Waals surface area contributed by atoms with Crippen LogP contribution in [0.2, 0.25) is 0 Å². The van der Waals surface area contributed by atoms with Crippen molar-refractivity contribution in [2.45, 2.75) is 52.2 Å². The van der Waals surface area contributed by atoms with E-state index in [1.165, 1.54) is 12.8 Å². The Morgan fingerprint density at radius 2 is 1.78 bits per heavy atom. The van der Waals surface area contributed by atoms with E-state index in [1.807, 2.05) is 42.5 Å². The Hall–Kier alpha value is -1.80. The number of rotatable bonds is 9. The normalized spacial score (nSPS) is 13.5. The summed E-state index contributed by atoms with van der Waals surface area (Å²) in [6.45, 7) is 4.89. The van der Waals surface area contributed by atoms with Crippen molar-refractivity contribution in [1.82, 2.24) is 0 Å². The summed E-state index contributed by atoms with van der Waals surface area (Å²) in [7, 11) is 0. The maximum absolute atomic E-state index is 10.7. The maximum Gasteiger partial charge on any atom is 0.120 e. The Kier molecular flexibility index (Phi) is 7.15. The predicted octanol–water partition coefficient (Wildman–Crippen LogP) is 5.52. The minimum atomic E-state index is -0.410. The molecule has 0 aliphatic rings. The van der Waals surface area contributed by atoms with Crippen LogP contribution in [0.1, 0.15) is 56.8 Å². The molecule has 0 aromatic heterocycles. The fourth-order valence-corrected chi connectivity index (χ4v) is 2.85. The van der Waals surface area contributed by atoms with Gasteiger partial charge in [0.2, 0.25) is 0 Å². The molecule has 0 bridgehead atoms. The third-order valence-corrected chi connectivity index (χ3v) is 4.35. The minimum absolute atomic E-state index is 0.319. The van der Waals surface area contributed by atoms with Gasteiger partial charge in [-0.3, -0.25) is 0 Å². The molecular weight excluding hydrogens is 284 g/mol. The lowest BCUT2D eigenvalue weighted by Crippen LogP contribution is -2.12. The van der Waals surface area contributed by atoms with Gasteiger partial charge in [-0.25, -0.2) is 0 Å². The first kappa shape index (κ1) is 17.6. The Balaban J connectivity index is 2.00. The number of hydrogen-bond acceptors (Lipinski definition) is 2. The van der Waals surface area contributed by atoms with E-state index in [1.54, 1.807) is 0 Å². The van der Waals surface area contributed by atoms with Crippen LogP contribution in [0, 0.1) is 5.92 Å². The topological polar surface area (TPSA) is 29.5 Å². The molecule has 1 N–H and O–H groups in total. The quantitative estimate of drug-likeness (QED) is 0.661. The summed E-state index contributed by atoms with van der Waals surface area (Å²) in [6, 6.07) is 18.0. The molecule has 2 unspecified atom stereocenters. The summed E-state index contributed by atoms with van der Waals surface area (Å²) in [4.78, 5) is 0. The average Bonchev–Trinajstić information content (AvgIpc) is 2.61.